The summed E-state index contributed by atoms with van der Waals surface area (Å²) in [6, 6.07) is 0. The summed E-state index contributed by atoms with van der Waals surface area (Å²) in [6.45, 7) is 1.08. The van der Waals surface area contributed by atoms with Crippen molar-refractivity contribution in [1.82, 2.24) is 0 Å². The van der Waals surface area contributed by atoms with Crippen molar-refractivity contribution in [2.45, 2.75) is 39.0 Å². The maximum atomic E-state index is 9.00. The molecule has 0 unspecified atom stereocenters. The van der Waals surface area contributed by atoms with Gasteiger partial charge in [-0.2, -0.15) is 12.8 Å². The fraction of sp³-hybridized carbons (Fsp3) is 0.750. The largest absolute Gasteiger partial charge is 0.481 e. The van der Waals surface area contributed by atoms with Crippen molar-refractivity contribution >= 4 is 5.97 Å². The summed E-state index contributed by atoms with van der Waals surface area (Å²) in [5, 5.41) is 7.42. The van der Waals surface area contributed by atoms with Crippen molar-refractivity contribution in [1.29, 1.82) is 0 Å². The van der Waals surface area contributed by atoms with E-state index in [-0.39, 0.29) is 21.1 Å². The van der Waals surface area contributed by atoms with Gasteiger partial charge in [0.05, 0.1) is 0 Å². The van der Waals surface area contributed by atoms with Crippen LogP contribution < -0.4 is 0 Å². The molecule has 0 heterocycles. The third-order valence-electron chi connectivity index (χ3n) is 1.32. The molecule has 0 aliphatic heterocycles. The van der Waals surface area contributed by atoms with Crippen molar-refractivity contribution < 1.29 is 31.0 Å². The van der Waals surface area contributed by atoms with E-state index in [2.05, 4.69) is 6.42 Å². The molecule has 0 amide bonds. The first-order chi connectivity index (χ1) is 4.73. The zero-order valence-corrected chi connectivity index (χ0v) is 8.88. The Morgan fingerprint density at radius 1 is 1.27 bits per heavy atom. The minimum absolute atomic E-state index is 0. The van der Waals surface area contributed by atoms with Crippen molar-refractivity contribution in [3.05, 3.63) is 6.42 Å². The number of carboxylic acids is 1. The van der Waals surface area contributed by atoms with Crippen LogP contribution in [0.15, 0.2) is 0 Å². The molecule has 1 saturated carbocycles. The van der Waals surface area contributed by atoms with E-state index in [0.29, 0.717) is 0 Å². The van der Waals surface area contributed by atoms with Crippen molar-refractivity contribution in [3.8, 4) is 0 Å². The Bertz CT molecular complexity index is 74.6. The summed E-state index contributed by atoms with van der Waals surface area (Å²) in [7, 11) is 0. The van der Waals surface area contributed by atoms with Crippen LogP contribution in [0, 0.1) is 6.42 Å². The average molecular weight is 239 g/mol. The molecule has 3 heteroatoms. The predicted molar refractivity (Wildman–Crippen MR) is 40.7 cm³/mol. The fourth-order valence-electron chi connectivity index (χ4n) is 0.898. The number of hydrogen-bond donors (Lipinski definition) is 1. The number of carbonyl (C=O) groups is 1. The third-order valence-corrected chi connectivity index (χ3v) is 1.32. The summed E-state index contributed by atoms with van der Waals surface area (Å²) >= 11 is 0. The molecular formula is C8H15MoO2-. The maximum absolute atomic E-state index is 9.00. The molecule has 1 aliphatic carbocycles. The Kier molecular flexibility index (Phi) is 12.7. The summed E-state index contributed by atoms with van der Waals surface area (Å²) in [5.41, 5.74) is 0. The number of hydrogen-bond acceptors (Lipinski definition) is 1. The molecule has 0 saturated heterocycles. The summed E-state index contributed by atoms with van der Waals surface area (Å²) in [4.78, 5) is 9.00. The Balaban J connectivity index is 0. The third kappa shape index (κ3) is 17.8. The minimum atomic E-state index is -0.833. The molecular weight excluding hydrogens is 224 g/mol. The van der Waals surface area contributed by atoms with E-state index < -0.39 is 5.97 Å². The number of aliphatic carboxylic acids is 1. The Morgan fingerprint density at radius 3 is 1.73 bits per heavy atom. The van der Waals surface area contributed by atoms with Gasteiger partial charge in [-0.3, -0.25) is 4.79 Å². The van der Waals surface area contributed by atoms with Gasteiger partial charge in [-0.05, 0) is 0 Å². The van der Waals surface area contributed by atoms with Crippen LogP contribution in [0.2, 0.25) is 0 Å². The molecule has 1 rings (SSSR count). The van der Waals surface area contributed by atoms with Crippen LogP contribution in [0.3, 0.4) is 0 Å². The zero-order chi connectivity index (χ0) is 7.82. The van der Waals surface area contributed by atoms with Gasteiger partial charge >= 0.3 is 0 Å². The van der Waals surface area contributed by atoms with Gasteiger partial charge in [-0.25, -0.2) is 0 Å². The van der Waals surface area contributed by atoms with Gasteiger partial charge in [0.1, 0.15) is 0 Å². The van der Waals surface area contributed by atoms with Crippen LogP contribution in [0.25, 0.3) is 0 Å². The minimum Gasteiger partial charge on any atom is -0.481 e. The molecule has 1 N–H and O–H groups in total. The summed E-state index contributed by atoms with van der Waals surface area (Å²) in [6.07, 6.45) is 9.50. The van der Waals surface area contributed by atoms with E-state index in [0.717, 1.165) is 6.92 Å². The average Bonchev–Trinajstić information content (AvgIpc) is 1.90. The SMILES string of the molecule is CC(=O)O.[CH-]1CCCCC1.[Mo]. The number of rotatable bonds is 0. The van der Waals surface area contributed by atoms with E-state index in [9.17, 15) is 0 Å². The smallest absolute Gasteiger partial charge is 0.300 e. The van der Waals surface area contributed by atoms with E-state index in [1.165, 1.54) is 32.1 Å². The van der Waals surface area contributed by atoms with Gasteiger partial charge in [-0.1, -0.05) is 19.3 Å². The molecule has 0 aromatic carbocycles. The van der Waals surface area contributed by atoms with Crippen LogP contribution in [-0.2, 0) is 25.9 Å². The van der Waals surface area contributed by atoms with Crippen LogP contribution in [0.5, 0.6) is 0 Å². The second-order valence-corrected chi connectivity index (χ2v) is 2.45. The van der Waals surface area contributed by atoms with E-state index in [1.807, 2.05) is 0 Å². The molecule has 0 radical (unpaired) electrons. The molecule has 11 heavy (non-hydrogen) atoms. The molecule has 0 atom stereocenters. The van der Waals surface area contributed by atoms with Gasteiger partial charge < -0.3 is 11.5 Å². The molecule has 66 valence electrons. The van der Waals surface area contributed by atoms with Crippen molar-refractivity contribution in [2.75, 3.05) is 0 Å². The second-order valence-electron chi connectivity index (χ2n) is 2.45. The van der Waals surface area contributed by atoms with E-state index >= 15 is 0 Å². The van der Waals surface area contributed by atoms with Gasteiger partial charge in [-0.15, -0.1) is 0 Å². The summed E-state index contributed by atoms with van der Waals surface area (Å²) < 4.78 is 0. The standard InChI is InChI=1S/C6H11.C2H4O2.Mo/c1-2-4-6-5-3-1;1-2(3)4;/h1H,2-6H2;1H3,(H,3,4);/q-1;;. The predicted octanol–water partition coefficient (Wildman–Crippen LogP) is 2.24. The molecule has 0 spiro atoms. The Labute approximate surface area is 82.6 Å². The number of carboxylic acid groups (broad SMARTS) is 1. The monoisotopic (exact) mass is 241 g/mol. The Morgan fingerprint density at radius 2 is 1.64 bits per heavy atom. The molecule has 2 nitrogen and oxygen atoms in total. The zero-order valence-electron chi connectivity index (χ0n) is 6.88. The normalized spacial score (nSPS) is 15.4. The fourth-order valence-corrected chi connectivity index (χ4v) is 0.898. The van der Waals surface area contributed by atoms with Gasteiger partial charge in [0.25, 0.3) is 5.97 Å². The topological polar surface area (TPSA) is 37.3 Å². The first kappa shape index (κ1) is 13.7. The maximum Gasteiger partial charge on any atom is 0.300 e. The first-order valence-electron chi connectivity index (χ1n) is 3.74. The van der Waals surface area contributed by atoms with Crippen LogP contribution in [0.4, 0.5) is 0 Å². The van der Waals surface area contributed by atoms with Crippen molar-refractivity contribution in [2.24, 2.45) is 0 Å². The van der Waals surface area contributed by atoms with E-state index in [4.69, 9.17) is 9.90 Å². The molecule has 0 bridgehead atoms. The molecule has 0 aromatic rings. The van der Waals surface area contributed by atoms with Gasteiger partial charge in [0, 0.05) is 28.0 Å². The van der Waals surface area contributed by atoms with Crippen molar-refractivity contribution in [3.63, 3.8) is 0 Å². The molecule has 0 aromatic heterocycles. The van der Waals surface area contributed by atoms with Crippen LogP contribution in [-0.4, -0.2) is 11.1 Å². The second kappa shape index (κ2) is 10.2. The molecule has 1 fully saturated rings. The summed E-state index contributed by atoms with van der Waals surface area (Å²) in [5.74, 6) is -0.833. The van der Waals surface area contributed by atoms with Crippen LogP contribution in [0.1, 0.15) is 39.0 Å². The van der Waals surface area contributed by atoms with E-state index in [1.54, 1.807) is 0 Å². The molecule has 1 aliphatic rings. The van der Waals surface area contributed by atoms with Gasteiger partial charge in [0.2, 0.25) is 0 Å². The van der Waals surface area contributed by atoms with Crippen LogP contribution >= 0.6 is 0 Å². The Hall–Kier alpha value is 0.158. The van der Waals surface area contributed by atoms with Gasteiger partial charge in [0.15, 0.2) is 0 Å². The quantitative estimate of drug-likeness (QED) is 0.520. The first-order valence-corrected chi connectivity index (χ1v) is 3.74.